The number of anilines is 1. The van der Waals surface area contributed by atoms with Gasteiger partial charge in [0.1, 0.15) is 5.82 Å². The highest BCUT2D eigenvalue weighted by molar-refractivity contribution is 7.98. The molecule has 0 saturated heterocycles. The van der Waals surface area contributed by atoms with Crippen molar-refractivity contribution in [3.05, 3.63) is 11.3 Å². The fourth-order valence-corrected chi connectivity index (χ4v) is 3.30. The molecule has 0 spiro atoms. The molecule has 1 aromatic rings. The van der Waals surface area contributed by atoms with Crippen molar-refractivity contribution in [3.63, 3.8) is 0 Å². The Morgan fingerprint density at radius 2 is 2.11 bits per heavy atom. The second-order valence-electron chi connectivity index (χ2n) is 4.92. The van der Waals surface area contributed by atoms with Crippen LogP contribution in [0.2, 0.25) is 0 Å². The van der Waals surface area contributed by atoms with Gasteiger partial charge >= 0.3 is 0 Å². The highest BCUT2D eigenvalue weighted by Gasteiger charge is 2.21. The minimum atomic E-state index is 0.560. The molecule has 0 amide bonds. The summed E-state index contributed by atoms with van der Waals surface area (Å²) in [6.45, 7) is 8.37. The topological polar surface area (TPSA) is 33.1 Å². The molecule has 1 unspecified atom stereocenters. The molecule has 1 heterocycles. The minimum absolute atomic E-state index is 0.560. The quantitative estimate of drug-likeness (QED) is 0.795. The van der Waals surface area contributed by atoms with Gasteiger partial charge in [0.15, 0.2) is 0 Å². The Morgan fingerprint density at radius 3 is 2.63 bits per heavy atom. The highest BCUT2D eigenvalue weighted by Crippen LogP contribution is 2.25. The van der Waals surface area contributed by atoms with Gasteiger partial charge in [-0.25, -0.2) is 0 Å². The van der Waals surface area contributed by atoms with Crippen molar-refractivity contribution < 1.29 is 0 Å². The van der Waals surface area contributed by atoms with Crippen molar-refractivity contribution in [3.8, 4) is 0 Å². The molecule has 1 rings (SSSR count). The van der Waals surface area contributed by atoms with E-state index in [2.05, 4.69) is 49.4 Å². The van der Waals surface area contributed by atoms with E-state index in [1.807, 2.05) is 23.5 Å². The van der Waals surface area contributed by atoms with Crippen LogP contribution in [0.3, 0.4) is 0 Å². The second kappa shape index (κ2) is 7.80. The number of nitrogens with one attached hydrogen (secondary N) is 1. The van der Waals surface area contributed by atoms with Crippen LogP contribution < -0.4 is 10.2 Å². The van der Waals surface area contributed by atoms with Crippen LogP contribution in [-0.2, 0) is 13.6 Å². The number of aromatic nitrogens is 2. The van der Waals surface area contributed by atoms with Crippen molar-refractivity contribution in [2.75, 3.05) is 30.5 Å². The monoisotopic (exact) mass is 284 g/mol. The lowest BCUT2D eigenvalue weighted by Gasteiger charge is -2.29. The fourth-order valence-electron chi connectivity index (χ4n) is 2.46. The number of hydrogen-bond acceptors (Lipinski definition) is 4. The molecule has 0 radical (unpaired) electrons. The van der Waals surface area contributed by atoms with E-state index in [-0.39, 0.29) is 0 Å². The number of nitrogens with zero attached hydrogens (tertiary/aromatic N) is 3. The summed E-state index contributed by atoms with van der Waals surface area (Å²) in [5.41, 5.74) is 2.45. The first-order chi connectivity index (χ1) is 9.06. The molecule has 1 aromatic heterocycles. The summed E-state index contributed by atoms with van der Waals surface area (Å²) < 4.78 is 2.02. The smallest absolute Gasteiger partial charge is 0.131 e. The Labute approximate surface area is 121 Å². The maximum absolute atomic E-state index is 4.59. The molecule has 0 fully saturated rings. The fraction of sp³-hybridized carbons (Fsp3) is 0.786. The Morgan fingerprint density at radius 1 is 1.42 bits per heavy atom. The molecule has 0 aliphatic carbocycles. The predicted octanol–water partition coefficient (Wildman–Crippen LogP) is 2.42. The third-order valence-electron chi connectivity index (χ3n) is 3.58. The van der Waals surface area contributed by atoms with E-state index in [1.54, 1.807) is 0 Å². The van der Waals surface area contributed by atoms with Gasteiger partial charge in [-0.15, -0.1) is 0 Å². The zero-order valence-electron chi connectivity index (χ0n) is 13.2. The summed E-state index contributed by atoms with van der Waals surface area (Å²) in [6, 6.07) is 0.560. The summed E-state index contributed by atoms with van der Waals surface area (Å²) in [5, 5.41) is 8.01. The summed E-state index contributed by atoms with van der Waals surface area (Å²) in [7, 11) is 4.23. The molecule has 1 N–H and O–H groups in total. The van der Waals surface area contributed by atoms with Crippen LogP contribution in [-0.4, -0.2) is 41.4 Å². The largest absolute Gasteiger partial charge is 0.356 e. The van der Waals surface area contributed by atoms with Gasteiger partial charge in [-0.05, 0) is 26.1 Å². The lowest BCUT2D eigenvalue weighted by molar-refractivity contribution is 0.631. The molecule has 0 aliphatic rings. The molecule has 0 saturated carbocycles. The zero-order chi connectivity index (χ0) is 14.4. The average Bonchev–Trinajstić information content (AvgIpc) is 2.67. The van der Waals surface area contributed by atoms with Crippen molar-refractivity contribution in [1.29, 1.82) is 0 Å². The van der Waals surface area contributed by atoms with E-state index in [0.29, 0.717) is 6.04 Å². The molecule has 0 aliphatic heterocycles. The number of aryl methyl sites for hydroxylation is 2. The van der Waals surface area contributed by atoms with Gasteiger partial charge in [-0.1, -0.05) is 13.8 Å². The highest BCUT2D eigenvalue weighted by atomic mass is 32.2. The molecule has 19 heavy (non-hydrogen) atoms. The van der Waals surface area contributed by atoms with E-state index in [1.165, 1.54) is 11.4 Å². The number of rotatable bonds is 8. The van der Waals surface area contributed by atoms with Gasteiger partial charge in [-0.3, -0.25) is 4.68 Å². The Balaban J connectivity index is 3.02. The molecular weight excluding hydrogens is 256 g/mol. The molecule has 110 valence electrons. The third kappa shape index (κ3) is 3.89. The van der Waals surface area contributed by atoms with Crippen LogP contribution in [0.25, 0.3) is 0 Å². The summed E-state index contributed by atoms with van der Waals surface area (Å²) in [5.74, 6) is 2.40. The third-order valence-corrected chi connectivity index (χ3v) is 4.30. The van der Waals surface area contributed by atoms with Crippen molar-refractivity contribution in [2.45, 2.75) is 39.8 Å². The van der Waals surface area contributed by atoms with E-state index in [9.17, 15) is 0 Å². The first-order valence-electron chi connectivity index (χ1n) is 7.01. The number of hydrogen-bond donors (Lipinski definition) is 1. The summed E-state index contributed by atoms with van der Waals surface area (Å²) in [4.78, 5) is 2.39. The van der Waals surface area contributed by atoms with Crippen molar-refractivity contribution in [1.82, 2.24) is 15.1 Å². The molecule has 4 nitrogen and oxygen atoms in total. The first kappa shape index (κ1) is 16.4. The van der Waals surface area contributed by atoms with Gasteiger partial charge < -0.3 is 10.2 Å². The lowest BCUT2D eigenvalue weighted by Crippen LogP contribution is -2.35. The van der Waals surface area contributed by atoms with E-state index in [0.717, 1.165) is 31.0 Å². The van der Waals surface area contributed by atoms with Crippen LogP contribution >= 0.6 is 11.8 Å². The van der Waals surface area contributed by atoms with E-state index < -0.39 is 0 Å². The van der Waals surface area contributed by atoms with Crippen LogP contribution in [0.15, 0.2) is 0 Å². The number of thioether (sulfide) groups is 1. The summed E-state index contributed by atoms with van der Waals surface area (Å²) >= 11 is 1.91. The van der Waals surface area contributed by atoms with E-state index in [4.69, 9.17) is 0 Å². The van der Waals surface area contributed by atoms with Gasteiger partial charge in [0, 0.05) is 38.0 Å². The Hall–Kier alpha value is -0.680. The van der Waals surface area contributed by atoms with Crippen LogP contribution in [0, 0.1) is 6.92 Å². The SMILES string of the molecule is CCNCc1c(C)nn(C)c1N(C)C(CC)CSC. The first-order valence-corrected chi connectivity index (χ1v) is 8.41. The van der Waals surface area contributed by atoms with Gasteiger partial charge in [0.25, 0.3) is 0 Å². The second-order valence-corrected chi connectivity index (χ2v) is 5.83. The van der Waals surface area contributed by atoms with Crippen LogP contribution in [0.1, 0.15) is 31.5 Å². The Kier molecular flexibility index (Phi) is 6.72. The molecular formula is C14H28N4S. The Bertz CT molecular complexity index is 389. The maximum atomic E-state index is 4.59. The summed E-state index contributed by atoms with van der Waals surface area (Å²) in [6.07, 6.45) is 3.33. The molecule has 0 aromatic carbocycles. The molecule has 5 heteroatoms. The van der Waals surface area contributed by atoms with Crippen LogP contribution in [0.4, 0.5) is 5.82 Å². The van der Waals surface area contributed by atoms with Gasteiger partial charge in [-0.2, -0.15) is 16.9 Å². The average molecular weight is 284 g/mol. The molecule has 1 atom stereocenters. The standard InChI is InChI=1S/C14H28N4S/c1-7-12(10-19-6)17(4)14-13(9-15-8-2)11(3)16-18(14)5/h12,15H,7-10H2,1-6H3. The van der Waals surface area contributed by atoms with E-state index >= 15 is 0 Å². The molecule has 0 bridgehead atoms. The maximum Gasteiger partial charge on any atom is 0.131 e. The van der Waals surface area contributed by atoms with Gasteiger partial charge in [0.2, 0.25) is 0 Å². The van der Waals surface area contributed by atoms with Crippen molar-refractivity contribution >= 4 is 17.6 Å². The normalized spacial score (nSPS) is 12.7. The minimum Gasteiger partial charge on any atom is -0.356 e. The van der Waals surface area contributed by atoms with Crippen LogP contribution in [0.5, 0.6) is 0 Å². The van der Waals surface area contributed by atoms with Gasteiger partial charge in [0.05, 0.1) is 5.69 Å². The lowest BCUT2D eigenvalue weighted by atomic mass is 10.2. The predicted molar refractivity (Wildman–Crippen MR) is 86.2 cm³/mol. The zero-order valence-corrected chi connectivity index (χ0v) is 14.0. The van der Waals surface area contributed by atoms with Crippen molar-refractivity contribution in [2.24, 2.45) is 7.05 Å².